The normalized spacial score (nSPS) is 19.9. The van der Waals surface area contributed by atoms with Crippen LogP contribution in [0.15, 0.2) is 18.5 Å². The van der Waals surface area contributed by atoms with Crippen molar-refractivity contribution in [3.05, 3.63) is 29.8 Å². The van der Waals surface area contributed by atoms with Gasteiger partial charge in [-0.1, -0.05) is 0 Å². The molecule has 1 unspecified atom stereocenters. The molecule has 0 aromatic carbocycles. The van der Waals surface area contributed by atoms with E-state index in [9.17, 15) is 4.39 Å². The van der Waals surface area contributed by atoms with Gasteiger partial charge in [-0.3, -0.25) is 9.88 Å². The average Bonchev–Trinajstić information content (AvgIpc) is 2.39. The van der Waals surface area contributed by atoms with Crippen molar-refractivity contribution in [2.75, 3.05) is 20.1 Å². The molecule has 0 aliphatic carbocycles. The van der Waals surface area contributed by atoms with Gasteiger partial charge in [-0.05, 0) is 57.5 Å². The molecule has 0 radical (unpaired) electrons. The molecule has 18 heavy (non-hydrogen) atoms. The predicted octanol–water partition coefficient (Wildman–Crippen LogP) is 2.04. The van der Waals surface area contributed by atoms with Gasteiger partial charge < -0.3 is 5.32 Å². The Balaban J connectivity index is 1.83. The average molecular weight is 251 g/mol. The van der Waals surface area contributed by atoms with Crippen molar-refractivity contribution in [2.45, 2.75) is 32.4 Å². The molecule has 2 rings (SSSR count). The van der Waals surface area contributed by atoms with E-state index in [1.54, 1.807) is 12.3 Å². The topological polar surface area (TPSA) is 28.2 Å². The summed E-state index contributed by atoms with van der Waals surface area (Å²) in [6.07, 6.45) is 5.44. The first kappa shape index (κ1) is 13.4. The Kier molecular flexibility index (Phi) is 4.66. The SMILES string of the molecule is CNC(C)C1CCN(Cc2cncc(F)c2)CC1. The van der Waals surface area contributed by atoms with E-state index in [-0.39, 0.29) is 5.82 Å². The van der Waals surface area contributed by atoms with Crippen LogP contribution < -0.4 is 5.32 Å². The molecule has 1 fully saturated rings. The highest BCUT2D eigenvalue weighted by atomic mass is 19.1. The summed E-state index contributed by atoms with van der Waals surface area (Å²) in [5.41, 5.74) is 0.968. The smallest absolute Gasteiger partial charge is 0.141 e. The molecule has 1 aromatic heterocycles. The van der Waals surface area contributed by atoms with Gasteiger partial charge in [0.05, 0.1) is 6.20 Å². The second kappa shape index (κ2) is 6.25. The van der Waals surface area contributed by atoms with E-state index in [2.05, 4.69) is 22.1 Å². The van der Waals surface area contributed by atoms with E-state index in [0.717, 1.165) is 31.1 Å². The van der Waals surface area contributed by atoms with Crippen LogP contribution in [-0.4, -0.2) is 36.1 Å². The first-order chi connectivity index (χ1) is 8.69. The van der Waals surface area contributed by atoms with Crippen LogP contribution in [0.4, 0.5) is 4.39 Å². The summed E-state index contributed by atoms with van der Waals surface area (Å²) >= 11 is 0. The highest BCUT2D eigenvalue weighted by Gasteiger charge is 2.22. The summed E-state index contributed by atoms with van der Waals surface area (Å²) in [4.78, 5) is 6.28. The van der Waals surface area contributed by atoms with Gasteiger partial charge in [0.1, 0.15) is 5.82 Å². The van der Waals surface area contributed by atoms with Crippen molar-refractivity contribution in [2.24, 2.45) is 5.92 Å². The lowest BCUT2D eigenvalue weighted by Gasteiger charge is -2.34. The molecule has 3 nitrogen and oxygen atoms in total. The lowest BCUT2D eigenvalue weighted by Crippen LogP contribution is -2.40. The zero-order chi connectivity index (χ0) is 13.0. The van der Waals surface area contributed by atoms with Crippen LogP contribution in [0.5, 0.6) is 0 Å². The summed E-state index contributed by atoms with van der Waals surface area (Å²) in [7, 11) is 2.02. The molecule has 1 saturated heterocycles. The quantitative estimate of drug-likeness (QED) is 0.887. The molecular weight excluding hydrogens is 229 g/mol. The molecule has 1 aliphatic heterocycles. The van der Waals surface area contributed by atoms with E-state index in [1.807, 2.05) is 7.05 Å². The summed E-state index contributed by atoms with van der Waals surface area (Å²) in [5.74, 6) is 0.517. The van der Waals surface area contributed by atoms with Crippen LogP contribution >= 0.6 is 0 Å². The highest BCUT2D eigenvalue weighted by Crippen LogP contribution is 2.21. The minimum atomic E-state index is -0.244. The van der Waals surface area contributed by atoms with Crippen LogP contribution in [0.25, 0.3) is 0 Å². The number of rotatable bonds is 4. The fraction of sp³-hybridized carbons (Fsp3) is 0.643. The van der Waals surface area contributed by atoms with Crippen molar-refractivity contribution < 1.29 is 4.39 Å². The Morgan fingerprint density at radius 1 is 1.44 bits per heavy atom. The monoisotopic (exact) mass is 251 g/mol. The fourth-order valence-corrected chi connectivity index (χ4v) is 2.65. The summed E-state index contributed by atoms with van der Waals surface area (Å²) in [6, 6.07) is 2.16. The number of nitrogens with one attached hydrogen (secondary N) is 1. The molecule has 0 amide bonds. The molecule has 1 atom stereocenters. The first-order valence-electron chi connectivity index (χ1n) is 6.68. The van der Waals surface area contributed by atoms with Gasteiger partial charge in [0.15, 0.2) is 0 Å². The third-order valence-corrected chi connectivity index (χ3v) is 3.96. The Hall–Kier alpha value is -1.00. The molecule has 100 valence electrons. The van der Waals surface area contributed by atoms with Crippen LogP contribution in [-0.2, 0) is 6.54 Å². The van der Waals surface area contributed by atoms with E-state index >= 15 is 0 Å². The molecule has 0 saturated carbocycles. The van der Waals surface area contributed by atoms with Crippen LogP contribution in [0.2, 0.25) is 0 Å². The van der Waals surface area contributed by atoms with Gasteiger partial charge in [-0.25, -0.2) is 4.39 Å². The zero-order valence-corrected chi connectivity index (χ0v) is 11.2. The van der Waals surface area contributed by atoms with Gasteiger partial charge in [-0.2, -0.15) is 0 Å². The van der Waals surface area contributed by atoms with Gasteiger partial charge in [-0.15, -0.1) is 0 Å². The van der Waals surface area contributed by atoms with Gasteiger partial charge in [0, 0.05) is 18.8 Å². The first-order valence-corrected chi connectivity index (χ1v) is 6.68. The highest BCUT2D eigenvalue weighted by molar-refractivity contribution is 5.10. The molecule has 0 spiro atoms. The van der Waals surface area contributed by atoms with Crippen LogP contribution in [0.1, 0.15) is 25.3 Å². The van der Waals surface area contributed by atoms with Gasteiger partial charge >= 0.3 is 0 Å². The molecular formula is C14H22FN3. The standard InChI is InChI=1S/C14H22FN3/c1-11(16-2)13-3-5-18(6-4-13)10-12-7-14(15)9-17-8-12/h7-9,11,13,16H,3-6,10H2,1-2H3. The number of pyridine rings is 1. The van der Waals surface area contributed by atoms with Crippen molar-refractivity contribution in [3.63, 3.8) is 0 Å². The van der Waals surface area contributed by atoms with E-state index in [0.29, 0.717) is 6.04 Å². The number of piperidine rings is 1. The number of hydrogen-bond acceptors (Lipinski definition) is 3. The molecule has 2 heterocycles. The van der Waals surface area contributed by atoms with Crippen LogP contribution in [0, 0.1) is 11.7 Å². The number of halogens is 1. The number of hydrogen-bond donors (Lipinski definition) is 1. The van der Waals surface area contributed by atoms with E-state index < -0.39 is 0 Å². The van der Waals surface area contributed by atoms with Crippen molar-refractivity contribution in [1.29, 1.82) is 0 Å². The Morgan fingerprint density at radius 2 is 2.17 bits per heavy atom. The van der Waals surface area contributed by atoms with Crippen molar-refractivity contribution >= 4 is 0 Å². The number of likely N-dealkylation sites (tertiary alicyclic amines) is 1. The summed E-state index contributed by atoms with van der Waals surface area (Å²) < 4.78 is 13.0. The summed E-state index contributed by atoms with van der Waals surface area (Å²) in [6.45, 7) is 5.24. The minimum Gasteiger partial charge on any atom is -0.317 e. The minimum absolute atomic E-state index is 0.244. The molecule has 1 N–H and O–H groups in total. The van der Waals surface area contributed by atoms with Crippen LogP contribution in [0.3, 0.4) is 0 Å². The Morgan fingerprint density at radius 3 is 2.78 bits per heavy atom. The van der Waals surface area contributed by atoms with Crippen molar-refractivity contribution in [3.8, 4) is 0 Å². The molecule has 0 bridgehead atoms. The third kappa shape index (κ3) is 3.50. The largest absolute Gasteiger partial charge is 0.317 e. The van der Waals surface area contributed by atoms with E-state index in [4.69, 9.17) is 0 Å². The molecule has 1 aliphatic rings. The Labute approximate surface area is 108 Å². The zero-order valence-electron chi connectivity index (χ0n) is 11.2. The molecule has 1 aromatic rings. The van der Waals surface area contributed by atoms with Crippen molar-refractivity contribution in [1.82, 2.24) is 15.2 Å². The predicted molar refractivity (Wildman–Crippen MR) is 70.7 cm³/mol. The second-order valence-electron chi connectivity index (χ2n) is 5.20. The third-order valence-electron chi connectivity index (χ3n) is 3.96. The molecule has 4 heteroatoms. The van der Waals surface area contributed by atoms with Gasteiger partial charge in [0.2, 0.25) is 0 Å². The maximum atomic E-state index is 13.0. The Bertz CT molecular complexity index is 375. The second-order valence-corrected chi connectivity index (χ2v) is 5.20. The lowest BCUT2D eigenvalue weighted by atomic mass is 9.90. The maximum Gasteiger partial charge on any atom is 0.141 e. The van der Waals surface area contributed by atoms with Gasteiger partial charge in [0.25, 0.3) is 0 Å². The van der Waals surface area contributed by atoms with E-state index in [1.165, 1.54) is 19.0 Å². The summed E-state index contributed by atoms with van der Waals surface area (Å²) in [5, 5.41) is 3.33. The fourth-order valence-electron chi connectivity index (χ4n) is 2.65. The number of aromatic nitrogens is 1. The number of nitrogens with zero attached hydrogens (tertiary/aromatic N) is 2. The maximum absolute atomic E-state index is 13.0. The lowest BCUT2D eigenvalue weighted by molar-refractivity contribution is 0.158.